The summed E-state index contributed by atoms with van der Waals surface area (Å²) in [6, 6.07) is 10.6. The minimum Gasteiger partial charge on any atom is -0.434 e. The zero-order valence-electron chi connectivity index (χ0n) is 13.4. The average Bonchev–Trinajstić information content (AvgIpc) is 2.55. The van der Waals surface area contributed by atoms with Gasteiger partial charge in [-0.1, -0.05) is 35.0 Å². The van der Waals surface area contributed by atoms with Gasteiger partial charge in [0.15, 0.2) is 0 Å². The summed E-state index contributed by atoms with van der Waals surface area (Å²) in [5.74, 6) is -0.647. The molecular formula is C18H17BrF3NO2. The van der Waals surface area contributed by atoms with Crippen LogP contribution in [0.4, 0.5) is 13.2 Å². The van der Waals surface area contributed by atoms with Crippen molar-refractivity contribution in [2.45, 2.75) is 32.4 Å². The second-order valence-electron chi connectivity index (χ2n) is 5.56. The van der Waals surface area contributed by atoms with Crippen molar-refractivity contribution in [3.05, 3.63) is 63.9 Å². The fourth-order valence-electron chi connectivity index (χ4n) is 2.35. The quantitative estimate of drug-likeness (QED) is 0.690. The second-order valence-corrected chi connectivity index (χ2v) is 6.48. The number of carbonyl (C=O) groups excluding carboxylic acids is 1. The van der Waals surface area contributed by atoms with E-state index >= 15 is 0 Å². The Balaban J connectivity index is 1.95. The van der Waals surface area contributed by atoms with Crippen LogP contribution in [0, 0.1) is 5.82 Å². The fraction of sp³-hybridized carbons (Fsp3) is 0.278. The molecule has 0 bridgehead atoms. The van der Waals surface area contributed by atoms with Crippen molar-refractivity contribution in [2.75, 3.05) is 0 Å². The Morgan fingerprint density at radius 2 is 1.88 bits per heavy atom. The molecule has 2 aromatic carbocycles. The molecule has 0 aliphatic heterocycles. The highest BCUT2D eigenvalue weighted by molar-refractivity contribution is 9.10. The lowest BCUT2D eigenvalue weighted by Gasteiger charge is -2.14. The minimum absolute atomic E-state index is 0.0186. The number of nitrogens with one attached hydrogen (secondary N) is 1. The zero-order valence-corrected chi connectivity index (χ0v) is 15.0. The monoisotopic (exact) mass is 415 g/mol. The van der Waals surface area contributed by atoms with Crippen molar-refractivity contribution in [2.24, 2.45) is 0 Å². The highest BCUT2D eigenvalue weighted by atomic mass is 79.9. The van der Waals surface area contributed by atoms with Crippen molar-refractivity contribution in [3.8, 4) is 5.75 Å². The molecule has 1 N–H and O–H groups in total. The SMILES string of the molecule is CC(CC(=O)NCc1cc(Br)ccc1OC(F)F)c1ccc(F)cc1. The predicted octanol–water partition coefficient (Wildman–Crippen LogP) is 5.00. The van der Waals surface area contributed by atoms with E-state index in [1.165, 1.54) is 18.2 Å². The summed E-state index contributed by atoms with van der Waals surface area (Å²) >= 11 is 3.26. The first-order valence-electron chi connectivity index (χ1n) is 7.60. The molecule has 0 fully saturated rings. The highest BCUT2D eigenvalue weighted by Gasteiger charge is 2.14. The van der Waals surface area contributed by atoms with E-state index in [-0.39, 0.29) is 36.4 Å². The number of ether oxygens (including phenoxy) is 1. The maximum Gasteiger partial charge on any atom is 0.387 e. The van der Waals surface area contributed by atoms with E-state index in [2.05, 4.69) is 26.0 Å². The molecule has 134 valence electrons. The number of rotatable bonds is 7. The number of benzene rings is 2. The third kappa shape index (κ3) is 6.08. The van der Waals surface area contributed by atoms with Gasteiger partial charge in [0.1, 0.15) is 11.6 Å². The number of alkyl halides is 2. The van der Waals surface area contributed by atoms with Crippen LogP contribution >= 0.6 is 15.9 Å². The highest BCUT2D eigenvalue weighted by Crippen LogP contribution is 2.25. The van der Waals surface area contributed by atoms with Gasteiger partial charge in [-0.15, -0.1) is 0 Å². The molecule has 25 heavy (non-hydrogen) atoms. The topological polar surface area (TPSA) is 38.3 Å². The number of hydrogen-bond donors (Lipinski definition) is 1. The Morgan fingerprint density at radius 3 is 2.52 bits per heavy atom. The van der Waals surface area contributed by atoms with Crippen LogP contribution < -0.4 is 10.1 Å². The molecule has 2 aromatic rings. The summed E-state index contributed by atoms with van der Waals surface area (Å²) in [4.78, 5) is 12.1. The molecule has 7 heteroatoms. The van der Waals surface area contributed by atoms with E-state index in [9.17, 15) is 18.0 Å². The molecule has 1 atom stereocenters. The van der Waals surface area contributed by atoms with Gasteiger partial charge in [0.05, 0.1) is 0 Å². The van der Waals surface area contributed by atoms with E-state index in [4.69, 9.17) is 0 Å². The number of hydrogen-bond acceptors (Lipinski definition) is 2. The molecule has 1 amide bonds. The normalized spacial score (nSPS) is 12.1. The lowest BCUT2D eigenvalue weighted by atomic mass is 9.97. The van der Waals surface area contributed by atoms with Crippen molar-refractivity contribution in [1.82, 2.24) is 5.32 Å². The molecule has 0 spiro atoms. The Labute approximate surface area is 152 Å². The molecule has 0 aromatic heterocycles. The zero-order chi connectivity index (χ0) is 18.4. The Morgan fingerprint density at radius 1 is 1.20 bits per heavy atom. The molecule has 0 heterocycles. The lowest BCUT2D eigenvalue weighted by Crippen LogP contribution is -2.24. The number of carbonyl (C=O) groups is 1. The first-order chi connectivity index (χ1) is 11.8. The van der Waals surface area contributed by atoms with Crippen molar-refractivity contribution in [3.63, 3.8) is 0 Å². The minimum atomic E-state index is -2.94. The van der Waals surface area contributed by atoms with Crippen molar-refractivity contribution >= 4 is 21.8 Å². The average molecular weight is 416 g/mol. The third-order valence-corrected chi connectivity index (χ3v) is 4.14. The summed E-state index contributed by atoms with van der Waals surface area (Å²) in [5.41, 5.74) is 1.29. The van der Waals surface area contributed by atoms with Crippen LogP contribution in [-0.4, -0.2) is 12.5 Å². The first-order valence-corrected chi connectivity index (χ1v) is 8.40. The molecular weight excluding hydrogens is 399 g/mol. The Hall–Kier alpha value is -2.02. The van der Waals surface area contributed by atoms with Gasteiger partial charge in [0.2, 0.25) is 5.91 Å². The van der Waals surface area contributed by atoms with Crippen molar-refractivity contribution < 1.29 is 22.7 Å². The molecule has 0 saturated heterocycles. The smallest absolute Gasteiger partial charge is 0.387 e. The van der Waals surface area contributed by atoms with Gasteiger partial charge in [-0.25, -0.2) is 4.39 Å². The number of halogens is 4. The summed E-state index contributed by atoms with van der Waals surface area (Å²) in [6.07, 6.45) is 0.199. The third-order valence-electron chi connectivity index (χ3n) is 3.65. The predicted molar refractivity (Wildman–Crippen MR) is 92.1 cm³/mol. The largest absolute Gasteiger partial charge is 0.434 e. The maximum absolute atomic E-state index is 12.9. The summed E-state index contributed by atoms with van der Waals surface area (Å²) in [5, 5.41) is 2.69. The fourth-order valence-corrected chi connectivity index (χ4v) is 2.76. The standard InChI is InChI=1S/C18H17BrF3NO2/c1-11(12-2-5-15(20)6-3-12)8-17(24)23-10-13-9-14(19)4-7-16(13)25-18(21)22/h2-7,9,11,18H,8,10H2,1H3,(H,23,24). The summed E-state index contributed by atoms with van der Waals surface area (Å²) in [6.45, 7) is -1.01. The van der Waals surface area contributed by atoms with Crippen LogP contribution in [0.25, 0.3) is 0 Å². The summed E-state index contributed by atoms with van der Waals surface area (Å²) < 4.78 is 43.0. The first kappa shape index (κ1) is 19.3. The van der Waals surface area contributed by atoms with Crippen molar-refractivity contribution in [1.29, 1.82) is 0 Å². The van der Waals surface area contributed by atoms with Crippen LogP contribution in [0.15, 0.2) is 46.9 Å². The van der Waals surface area contributed by atoms with Gasteiger partial charge in [-0.05, 0) is 41.8 Å². The Kier molecular flexibility index (Phi) is 6.87. The molecule has 0 radical (unpaired) electrons. The molecule has 2 rings (SSSR count). The molecule has 1 unspecified atom stereocenters. The second kappa shape index (κ2) is 8.89. The lowest BCUT2D eigenvalue weighted by molar-refractivity contribution is -0.121. The number of amides is 1. The van der Waals surface area contributed by atoms with E-state index in [0.717, 1.165) is 5.56 Å². The van der Waals surface area contributed by atoms with Crippen LogP contribution in [-0.2, 0) is 11.3 Å². The summed E-state index contributed by atoms with van der Waals surface area (Å²) in [7, 11) is 0. The molecule has 0 aliphatic carbocycles. The van der Waals surface area contributed by atoms with E-state index in [1.54, 1.807) is 24.3 Å². The van der Waals surface area contributed by atoms with Gasteiger partial charge in [0.25, 0.3) is 0 Å². The van der Waals surface area contributed by atoms with Gasteiger partial charge in [-0.2, -0.15) is 8.78 Å². The van der Waals surface area contributed by atoms with Crippen LogP contribution in [0.2, 0.25) is 0 Å². The Bertz CT molecular complexity index is 723. The van der Waals surface area contributed by atoms with Crippen LogP contribution in [0.1, 0.15) is 30.4 Å². The van der Waals surface area contributed by atoms with Crippen LogP contribution in [0.5, 0.6) is 5.75 Å². The molecule has 0 saturated carbocycles. The van der Waals surface area contributed by atoms with Gasteiger partial charge in [0, 0.05) is 23.0 Å². The van der Waals surface area contributed by atoms with E-state index in [0.29, 0.717) is 10.0 Å². The van der Waals surface area contributed by atoms with Gasteiger partial charge >= 0.3 is 6.61 Å². The van der Waals surface area contributed by atoms with Gasteiger partial charge in [-0.3, -0.25) is 4.79 Å². The molecule has 0 aliphatic rings. The van der Waals surface area contributed by atoms with E-state index < -0.39 is 6.61 Å². The van der Waals surface area contributed by atoms with E-state index in [1.807, 2.05) is 6.92 Å². The maximum atomic E-state index is 12.9. The van der Waals surface area contributed by atoms with Gasteiger partial charge < -0.3 is 10.1 Å². The van der Waals surface area contributed by atoms with Crippen LogP contribution in [0.3, 0.4) is 0 Å². The molecule has 3 nitrogen and oxygen atoms in total.